The number of sulfonamides is 1. The van der Waals surface area contributed by atoms with Gasteiger partial charge in [-0.15, -0.1) is 0 Å². The van der Waals surface area contributed by atoms with Crippen LogP contribution >= 0.6 is 0 Å². The van der Waals surface area contributed by atoms with E-state index in [9.17, 15) is 23.3 Å². The Labute approximate surface area is 208 Å². The number of benzene rings is 3. The molecular weight excluding hydrogens is 488 g/mol. The molecule has 0 atom stereocenters. The number of hydrazone groups is 1. The van der Waals surface area contributed by atoms with Gasteiger partial charge >= 0.3 is 0 Å². The van der Waals surface area contributed by atoms with Crippen LogP contribution in [0.1, 0.15) is 12.5 Å². The molecule has 1 N–H and O–H groups in total. The van der Waals surface area contributed by atoms with Crippen molar-refractivity contribution in [3.63, 3.8) is 0 Å². The lowest BCUT2D eigenvalue weighted by molar-refractivity contribution is -0.384. The van der Waals surface area contributed by atoms with E-state index >= 15 is 0 Å². The van der Waals surface area contributed by atoms with Gasteiger partial charge in [0.15, 0.2) is 11.5 Å². The van der Waals surface area contributed by atoms with Crippen LogP contribution in [-0.4, -0.2) is 45.7 Å². The van der Waals surface area contributed by atoms with Gasteiger partial charge in [0.1, 0.15) is 6.54 Å². The van der Waals surface area contributed by atoms with Gasteiger partial charge in [-0.2, -0.15) is 5.10 Å². The van der Waals surface area contributed by atoms with Gasteiger partial charge in [-0.1, -0.05) is 24.3 Å². The molecule has 0 aliphatic carbocycles. The van der Waals surface area contributed by atoms with E-state index in [1.807, 2.05) is 6.92 Å². The summed E-state index contributed by atoms with van der Waals surface area (Å²) in [4.78, 5) is 23.2. The quantitative estimate of drug-likeness (QED) is 0.236. The van der Waals surface area contributed by atoms with E-state index in [0.29, 0.717) is 23.7 Å². The zero-order valence-electron chi connectivity index (χ0n) is 19.5. The molecule has 0 saturated carbocycles. The maximum Gasteiger partial charge on any atom is 0.271 e. The molecule has 11 nitrogen and oxygen atoms in total. The standard InChI is InChI=1S/C24H24N4O7S/c1-3-35-23-14-18(12-13-22(23)34-2)16-25-26-24(29)17-27(19-8-7-9-20(15-19)28(30)31)36(32,33)21-10-5-4-6-11-21/h4-16H,3,17H2,1-2H3,(H,26,29)/b25-16-. The van der Waals surface area contributed by atoms with Crippen LogP contribution < -0.4 is 19.2 Å². The van der Waals surface area contributed by atoms with Crippen molar-refractivity contribution in [3.8, 4) is 11.5 Å². The molecule has 0 saturated heterocycles. The Morgan fingerprint density at radius 2 is 1.83 bits per heavy atom. The Kier molecular flexibility index (Phi) is 8.57. The second kappa shape index (κ2) is 11.8. The summed E-state index contributed by atoms with van der Waals surface area (Å²) >= 11 is 0. The van der Waals surface area contributed by atoms with Crippen LogP contribution in [0.5, 0.6) is 11.5 Å². The monoisotopic (exact) mass is 512 g/mol. The van der Waals surface area contributed by atoms with Crippen LogP contribution in [0, 0.1) is 10.1 Å². The number of carbonyl (C=O) groups is 1. The number of hydrogen-bond acceptors (Lipinski definition) is 8. The number of methoxy groups -OCH3 is 1. The first-order chi connectivity index (χ1) is 17.3. The predicted molar refractivity (Wildman–Crippen MR) is 134 cm³/mol. The van der Waals surface area contributed by atoms with Gasteiger partial charge < -0.3 is 9.47 Å². The van der Waals surface area contributed by atoms with Crippen molar-refractivity contribution in [2.24, 2.45) is 5.10 Å². The van der Waals surface area contributed by atoms with Gasteiger partial charge in [-0.3, -0.25) is 19.2 Å². The van der Waals surface area contributed by atoms with Crippen molar-refractivity contribution < 1.29 is 27.6 Å². The number of hydrogen-bond donors (Lipinski definition) is 1. The molecule has 3 rings (SSSR count). The summed E-state index contributed by atoms with van der Waals surface area (Å²) in [5.41, 5.74) is 2.54. The van der Waals surface area contributed by atoms with E-state index < -0.39 is 27.4 Å². The lowest BCUT2D eigenvalue weighted by Gasteiger charge is -2.23. The molecule has 0 bridgehead atoms. The third-order valence-electron chi connectivity index (χ3n) is 4.84. The van der Waals surface area contributed by atoms with E-state index in [2.05, 4.69) is 10.5 Å². The largest absolute Gasteiger partial charge is 0.493 e. The molecule has 0 aliphatic heterocycles. The number of nitrogens with one attached hydrogen (secondary N) is 1. The van der Waals surface area contributed by atoms with Crippen molar-refractivity contribution in [2.75, 3.05) is 24.6 Å². The highest BCUT2D eigenvalue weighted by Crippen LogP contribution is 2.28. The lowest BCUT2D eigenvalue weighted by Crippen LogP contribution is -2.39. The van der Waals surface area contributed by atoms with E-state index in [0.717, 1.165) is 10.4 Å². The fourth-order valence-electron chi connectivity index (χ4n) is 3.18. The van der Waals surface area contributed by atoms with Gasteiger partial charge in [-0.25, -0.2) is 13.8 Å². The number of ether oxygens (including phenoxy) is 2. The molecule has 0 unspecified atom stereocenters. The lowest BCUT2D eigenvalue weighted by atomic mass is 10.2. The highest BCUT2D eigenvalue weighted by molar-refractivity contribution is 7.92. The molecule has 3 aromatic rings. The van der Waals surface area contributed by atoms with Crippen molar-refractivity contribution in [1.82, 2.24) is 5.43 Å². The summed E-state index contributed by atoms with van der Waals surface area (Å²) in [6, 6.07) is 17.6. The summed E-state index contributed by atoms with van der Waals surface area (Å²) in [6.45, 7) is 1.59. The number of rotatable bonds is 11. The average molecular weight is 513 g/mol. The minimum atomic E-state index is -4.22. The Morgan fingerprint density at radius 3 is 2.50 bits per heavy atom. The number of anilines is 1. The van der Waals surface area contributed by atoms with Crippen molar-refractivity contribution in [2.45, 2.75) is 11.8 Å². The molecule has 0 aromatic heterocycles. The zero-order chi connectivity index (χ0) is 26.1. The van der Waals surface area contributed by atoms with Crippen LogP contribution in [0.2, 0.25) is 0 Å². The molecule has 1 amide bonds. The first-order valence-electron chi connectivity index (χ1n) is 10.7. The normalized spacial score (nSPS) is 11.2. The van der Waals surface area contributed by atoms with Gasteiger partial charge in [0.25, 0.3) is 21.6 Å². The first-order valence-corrected chi connectivity index (χ1v) is 12.1. The molecule has 0 radical (unpaired) electrons. The van der Waals surface area contributed by atoms with Crippen LogP contribution in [0.25, 0.3) is 0 Å². The van der Waals surface area contributed by atoms with Crippen molar-refractivity contribution in [3.05, 3.63) is 88.5 Å². The number of non-ortho nitro benzene ring substituents is 1. The van der Waals surface area contributed by atoms with Crippen LogP contribution in [-0.2, 0) is 14.8 Å². The van der Waals surface area contributed by atoms with E-state index in [1.165, 1.54) is 55.8 Å². The van der Waals surface area contributed by atoms with Gasteiger partial charge in [0.2, 0.25) is 0 Å². The summed E-state index contributed by atoms with van der Waals surface area (Å²) in [7, 11) is -2.70. The molecule has 0 spiro atoms. The third kappa shape index (κ3) is 6.36. The van der Waals surface area contributed by atoms with E-state index in [-0.39, 0.29) is 16.3 Å². The fraction of sp³-hybridized carbons (Fsp3) is 0.167. The predicted octanol–water partition coefficient (Wildman–Crippen LogP) is 3.35. The Balaban J connectivity index is 1.84. The van der Waals surface area contributed by atoms with Crippen molar-refractivity contribution in [1.29, 1.82) is 0 Å². The highest BCUT2D eigenvalue weighted by Gasteiger charge is 2.28. The molecule has 0 fully saturated rings. The molecule has 0 aliphatic rings. The van der Waals surface area contributed by atoms with E-state index in [1.54, 1.807) is 24.3 Å². The van der Waals surface area contributed by atoms with Crippen LogP contribution in [0.3, 0.4) is 0 Å². The zero-order valence-corrected chi connectivity index (χ0v) is 20.3. The second-order valence-electron chi connectivity index (χ2n) is 7.24. The summed E-state index contributed by atoms with van der Waals surface area (Å²) < 4.78 is 38.2. The van der Waals surface area contributed by atoms with Gasteiger partial charge in [0, 0.05) is 12.1 Å². The summed E-state index contributed by atoms with van der Waals surface area (Å²) in [6.07, 6.45) is 1.36. The summed E-state index contributed by atoms with van der Waals surface area (Å²) in [5, 5.41) is 15.1. The SMILES string of the molecule is CCOc1cc(/C=N\NC(=O)CN(c2cccc([N+](=O)[O-])c2)S(=O)(=O)c2ccccc2)ccc1OC. The maximum atomic E-state index is 13.3. The third-order valence-corrected chi connectivity index (χ3v) is 6.63. The Morgan fingerprint density at radius 1 is 1.08 bits per heavy atom. The number of amides is 1. The second-order valence-corrected chi connectivity index (χ2v) is 9.10. The van der Waals surface area contributed by atoms with Gasteiger partial charge in [-0.05, 0) is 48.9 Å². The molecule has 12 heteroatoms. The first kappa shape index (κ1) is 26.2. The van der Waals surface area contributed by atoms with Crippen LogP contribution in [0.15, 0.2) is 82.8 Å². The average Bonchev–Trinajstić information content (AvgIpc) is 2.88. The smallest absolute Gasteiger partial charge is 0.271 e. The van der Waals surface area contributed by atoms with Crippen molar-refractivity contribution >= 4 is 33.5 Å². The molecule has 36 heavy (non-hydrogen) atoms. The molecule has 3 aromatic carbocycles. The molecule has 0 heterocycles. The number of nitrogens with zero attached hydrogens (tertiary/aromatic N) is 3. The summed E-state index contributed by atoms with van der Waals surface area (Å²) in [5.74, 6) is 0.286. The fourth-order valence-corrected chi connectivity index (χ4v) is 4.62. The Bertz CT molecular complexity index is 1360. The molecular formula is C24H24N4O7S. The topological polar surface area (TPSA) is 140 Å². The maximum absolute atomic E-state index is 13.3. The van der Waals surface area contributed by atoms with Gasteiger partial charge in [0.05, 0.1) is 35.4 Å². The molecule has 188 valence electrons. The highest BCUT2D eigenvalue weighted by atomic mass is 32.2. The van der Waals surface area contributed by atoms with Crippen LogP contribution in [0.4, 0.5) is 11.4 Å². The number of nitro benzene ring substituents is 1. The minimum Gasteiger partial charge on any atom is -0.493 e. The van der Waals surface area contributed by atoms with E-state index in [4.69, 9.17) is 9.47 Å². The Hall–Kier alpha value is -4.45. The number of carbonyl (C=O) groups excluding carboxylic acids is 1. The number of nitro groups is 1. The minimum absolute atomic E-state index is 0.0382.